The highest BCUT2D eigenvalue weighted by Gasteiger charge is 2.20. The van der Waals surface area contributed by atoms with Crippen LogP contribution in [-0.4, -0.2) is 59.8 Å². The first kappa shape index (κ1) is 20.8. The van der Waals surface area contributed by atoms with Crippen LogP contribution in [0.2, 0.25) is 10.0 Å². The number of amides is 2. The molecule has 1 aliphatic rings. The average Bonchev–Trinajstić information content (AvgIpc) is 3.21. The van der Waals surface area contributed by atoms with Gasteiger partial charge in [0.15, 0.2) is 0 Å². The quantitative estimate of drug-likeness (QED) is 0.625. The number of pyridine rings is 1. The standard InChI is InChI=1S/C21H24Cl2N6O/c22-18-3-1-4-19(20(18)23)27-13-11-26(12-14-27)9-2-10-28(21(24)30)17-6-5-16-7-8-25-29(16)15-17/h1,3-8,15H,2,9-14H2,(H2,24,30). The fourth-order valence-electron chi connectivity index (χ4n) is 3.83. The van der Waals surface area contributed by atoms with Gasteiger partial charge in [-0.05, 0) is 43.3 Å². The molecule has 2 aromatic heterocycles. The molecule has 7 nitrogen and oxygen atoms in total. The molecule has 1 fully saturated rings. The molecule has 2 amide bonds. The molecule has 0 spiro atoms. The number of hydrogen-bond donors (Lipinski definition) is 1. The maximum absolute atomic E-state index is 12.0. The number of aromatic nitrogens is 2. The van der Waals surface area contributed by atoms with Crippen LogP contribution in [0.25, 0.3) is 5.52 Å². The third kappa shape index (κ3) is 4.48. The Labute approximate surface area is 185 Å². The highest BCUT2D eigenvalue weighted by atomic mass is 35.5. The van der Waals surface area contributed by atoms with Crippen LogP contribution in [0.1, 0.15) is 6.42 Å². The van der Waals surface area contributed by atoms with Gasteiger partial charge in [-0.2, -0.15) is 5.10 Å². The van der Waals surface area contributed by atoms with Gasteiger partial charge < -0.3 is 10.6 Å². The second-order valence-corrected chi connectivity index (χ2v) is 8.12. The first-order valence-corrected chi connectivity index (χ1v) is 10.7. The lowest BCUT2D eigenvalue weighted by Gasteiger charge is -2.36. The normalized spacial score (nSPS) is 14.9. The number of carbonyl (C=O) groups excluding carboxylic acids is 1. The van der Waals surface area contributed by atoms with E-state index in [0.717, 1.165) is 56.0 Å². The number of benzene rings is 1. The predicted molar refractivity (Wildman–Crippen MR) is 122 cm³/mol. The van der Waals surface area contributed by atoms with Gasteiger partial charge in [0.1, 0.15) is 0 Å². The van der Waals surface area contributed by atoms with Gasteiger partial charge in [0, 0.05) is 38.9 Å². The van der Waals surface area contributed by atoms with Crippen molar-refractivity contribution in [1.29, 1.82) is 0 Å². The highest BCUT2D eigenvalue weighted by Crippen LogP contribution is 2.32. The summed E-state index contributed by atoms with van der Waals surface area (Å²) in [5.74, 6) is 0. The van der Waals surface area contributed by atoms with E-state index in [1.165, 1.54) is 0 Å². The zero-order chi connectivity index (χ0) is 21.1. The van der Waals surface area contributed by atoms with Crippen LogP contribution in [0.3, 0.4) is 0 Å². The van der Waals surface area contributed by atoms with Gasteiger partial charge in [0.05, 0.1) is 33.1 Å². The van der Waals surface area contributed by atoms with Crippen LogP contribution in [0.4, 0.5) is 16.2 Å². The molecule has 1 aliphatic heterocycles. The molecule has 0 unspecified atom stereocenters. The van der Waals surface area contributed by atoms with Crippen molar-refractivity contribution in [3.05, 3.63) is 58.8 Å². The molecule has 0 atom stereocenters. The van der Waals surface area contributed by atoms with Crippen LogP contribution in [0.5, 0.6) is 0 Å². The molecule has 4 rings (SSSR count). The number of piperazine rings is 1. The van der Waals surface area contributed by atoms with E-state index in [4.69, 9.17) is 28.9 Å². The minimum atomic E-state index is -0.457. The van der Waals surface area contributed by atoms with E-state index in [1.54, 1.807) is 21.7 Å². The van der Waals surface area contributed by atoms with Gasteiger partial charge in [-0.25, -0.2) is 9.31 Å². The number of halogens is 2. The lowest BCUT2D eigenvalue weighted by Crippen LogP contribution is -2.47. The van der Waals surface area contributed by atoms with Crippen LogP contribution in [0.15, 0.2) is 48.8 Å². The van der Waals surface area contributed by atoms with Crippen LogP contribution in [-0.2, 0) is 0 Å². The highest BCUT2D eigenvalue weighted by molar-refractivity contribution is 6.43. The van der Waals surface area contributed by atoms with E-state index in [-0.39, 0.29) is 0 Å². The molecule has 1 aromatic carbocycles. The van der Waals surface area contributed by atoms with Crippen molar-refractivity contribution in [2.24, 2.45) is 5.73 Å². The van der Waals surface area contributed by atoms with E-state index in [9.17, 15) is 4.79 Å². The summed E-state index contributed by atoms with van der Waals surface area (Å²) in [5, 5.41) is 5.42. The summed E-state index contributed by atoms with van der Waals surface area (Å²) >= 11 is 12.5. The predicted octanol–water partition coefficient (Wildman–Crippen LogP) is 3.74. The first-order valence-electron chi connectivity index (χ1n) is 9.94. The van der Waals surface area contributed by atoms with Gasteiger partial charge in [-0.1, -0.05) is 29.3 Å². The fraction of sp³-hybridized carbons (Fsp3) is 0.333. The molecule has 30 heavy (non-hydrogen) atoms. The molecular weight excluding hydrogens is 423 g/mol. The topological polar surface area (TPSA) is 70.1 Å². The second-order valence-electron chi connectivity index (χ2n) is 7.33. The monoisotopic (exact) mass is 446 g/mol. The largest absolute Gasteiger partial charge is 0.368 e. The van der Waals surface area contributed by atoms with E-state index < -0.39 is 6.03 Å². The molecular formula is C21H24Cl2N6O. The van der Waals surface area contributed by atoms with Crippen LogP contribution < -0.4 is 15.5 Å². The summed E-state index contributed by atoms with van der Waals surface area (Å²) in [4.78, 5) is 18.2. The number of urea groups is 1. The van der Waals surface area contributed by atoms with Gasteiger partial charge in [-0.3, -0.25) is 9.80 Å². The molecule has 3 heterocycles. The summed E-state index contributed by atoms with van der Waals surface area (Å²) in [6, 6.07) is 11.0. The fourth-order valence-corrected chi connectivity index (χ4v) is 4.25. The summed E-state index contributed by atoms with van der Waals surface area (Å²) < 4.78 is 1.74. The van der Waals surface area contributed by atoms with Gasteiger partial charge in [0.25, 0.3) is 0 Å². The molecule has 0 saturated carbocycles. The van der Waals surface area contributed by atoms with Crippen LogP contribution >= 0.6 is 23.2 Å². The zero-order valence-electron chi connectivity index (χ0n) is 16.5. The molecule has 2 N–H and O–H groups in total. The Morgan fingerprint density at radius 2 is 1.90 bits per heavy atom. The Morgan fingerprint density at radius 3 is 2.67 bits per heavy atom. The van der Waals surface area contributed by atoms with E-state index in [1.807, 2.05) is 36.5 Å². The molecule has 0 radical (unpaired) electrons. The molecule has 0 aliphatic carbocycles. The maximum atomic E-state index is 12.0. The minimum absolute atomic E-state index is 0.457. The lowest BCUT2D eigenvalue weighted by molar-refractivity contribution is 0.247. The number of rotatable bonds is 6. The van der Waals surface area contributed by atoms with Crippen molar-refractivity contribution < 1.29 is 4.79 Å². The second kappa shape index (κ2) is 9.12. The van der Waals surface area contributed by atoms with E-state index >= 15 is 0 Å². The van der Waals surface area contributed by atoms with Crippen molar-refractivity contribution in [2.45, 2.75) is 6.42 Å². The van der Waals surface area contributed by atoms with E-state index in [0.29, 0.717) is 16.6 Å². The minimum Gasteiger partial charge on any atom is -0.368 e. The molecule has 158 valence electrons. The zero-order valence-corrected chi connectivity index (χ0v) is 18.1. The number of anilines is 2. The Kier molecular flexibility index (Phi) is 6.32. The molecule has 3 aromatic rings. The van der Waals surface area contributed by atoms with Crippen molar-refractivity contribution >= 4 is 46.1 Å². The first-order chi connectivity index (χ1) is 14.5. The van der Waals surface area contributed by atoms with E-state index in [2.05, 4.69) is 14.9 Å². The summed E-state index contributed by atoms with van der Waals surface area (Å²) in [6.07, 6.45) is 4.38. The number of carbonyl (C=O) groups is 1. The van der Waals surface area contributed by atoms with Crippen molar-refractivity contribution in [3.63, 3.8) is 0 Å². The summed E-state index contributed by atoms with van der Waals surface area (Å²) in [7, 11) is 0. The molecule has 0 bridgehead atoms. The van der Waals surface area contributed by atoms with Gasteiger partial charge in [-0.15, -0.1) is 0 Å². The molecule has 9 heteroatoms. The number of hydrogen-bond acceptors (Lipinski definition) is 4. The van der Waals surface area contributed by atoms with Crippen molar-refractivity contribution in [1.82, 2.24) is 14.5 Å². The third-order valence-electron chi connectivity index (χ3n) is 5.46. The summed E-state index contributed by atoms with van der Waals surface area (Å²) in [6.45, 7) is 5.08. The number of primary amides is 1. The average molecular weight is 447 g/mol. The number of nitrogens with zero attached hydrogens (tertiary/aromatic N) is 5. The Bertz CT molecular complexity index is 1030. The SMILES string of the molecule is NC(=O)N(CCCN1CCN(c2cccc(Cl)c2Cl)CC1)c1ccc2ccnn2c1. The summed E-state index contributed by atoms with van der Waals surface area (Å²) in [5.41, 5.74) is 8.34. The van der Waals surface area contributed by atoms with Crippen LogP contribution in [0, 0.1) is 0 Å². The smallest absolute Gasteiger partial charge is 0.319 e. The molecule has 1 saturated heterocycles. The number of fused-ring (bicyclic) bond motifs is 1. The Morgan fingerprint density at radius 1 is 1.10 bits per heavy atom. The van der Waals surface area contributed by atoms with Crippen molar-refractivity contribution in [3.8, 4) is 0 Å². The van der Waals surface area contributed by atoms with Gasteiger partial charge in [0.2, 0.25) is 0 Å². The Hall–Kier alpha value is -2.48. The Balaban J connectivity index is 1.30. The maximum Gasteiger partial charge on any atom is 0.319 e. The van der Waals surface area contributed by atoms with Crippen molar-refractivity contribution in [2.75, 3.05) is 49.1 Å². The third-order valence-corrected chi connectivity index (χ3v) is 6.27. The lowest BCUT2D eigenvalue weighted by atomic mass is 10.2. The van der Waals surface area contributed by atoms with Gasteiger partial charge >= 0.3 is 6.03 Å². The number of nitrogens with two attached hydrogens (primary N) is 1.